The van der Waals surface area contributed by atoms with Crippen LogP contribution in [-0.4, -0.2) is 27.6 Å². The number of hydrogen-bond acceptors (Lipinski definition) is 4. The Bertz CT molecular complexity index is 724. The largest absolute Gasteiger partial charge is 0.478 e. The highest BCUT2D eigenvalue weighted by Gasteiger charge is 2.14. The van der Waals surface area contributed by atoms with Gasteiger partial charge in [0.15, 0.2) is 0 Å². The summed E-state index contributed by atoms with van der Waals surface area (Å²) in [6.45, 7) is 0. The number of Topliss-reactive ketones (excluding diaryl/α,β-unsaturated/α-hetero) is 1. The first-order valence-corrected chi connectivity index (χ1v) is 7.60. The molecule has 0 atom stereocenters. The van der Waals surface area contributed by atoms with Gasteiger partial charge in [-0.15, -0.1) is 0 Å². The molecule has 2 aromatic rings. The number of aromatic nitrogens is 1. The fourth-order valence-corrected chi connectivity index (χ4v) is 2.79. The molecule has 0 amide bonds. The molecule has 0 saturated heterocycles. The molecule has 0 aliphatic rings. The van der Waals surface area contributed by atoms with E-state index in [1.807, 2.05) is 0 Å². The number of halogens is 2. The fourth-order valence-electron chi connectivity index (χ4n) is 1.76. The number of carboxylic acid groups (broad SMARTS) is 1. The maximum Gasteiger partial charge on any atom is 0.338 e. The second-order valence-electron chi connectivity index (χ2n) is 4.40. The third kappa shape index (κ3) is 4.29. The van der Waals surface area contributed by atoms with Gasteiger partial charge in [0.1, 0.15) is 16.6 Å². The fraction of sp³-hybridized carbons (Fsp3) is 0.133. The van der Waals surface area contributed by atoms with Gasteiger partial charge in [-0.1, -0.05) is 23.4 Å². The van der Waals surface area contributed by atoms with Crippen molar-refractivity contribution < 1.29 is 19.1 Å². The highest BCUT2D eigenvalue weighted by atomic mass is 35.5. The van der Waals surface area contributed by atoms with E-state index < -0.39 is 11.8 Å². The second kappa shape index (κ2) is 7.38. The third-order valence-electron chi connectivity index (χ3n) is 2.77. The Morgan fingerprint density at radius 1 is 1.32 bits per heavy atom. The molecule has 0 radical (unpaired) electrons. The Morgan fingerprint density at radius 3 is 2.82 bits per heavy atom. The van der Waals surface area contributed by atoms with Gasteiger partial charge in [-0.3, -0.25) is 4.79 Å². The zero-order valence-electron chi connectivity index (χ0n) is 11.3. The van der Waals surface area contributed by atoms with Gasteiger partial charge in [0.05, 0.1) is 11.3 Å². The average molecular weight is 340 g/mol. The number of carbonyl (C=O) groups is 2. The molecule has 1 aromatic heterocycles. The van der Waals surface area contributed by atoms with Crippen molar-refractivity contribution in [2.75, 3.05) is 5.75 Å². The molecule has 0 bridgehead atoms. The summed E-state index contributed by atoms with van der Waals surface area (Å²) >= 11 is 6.94. The Labute approximate surface area is 135 Å². The molecule has 22 heavy (non-hydrogen) atoms. The molecule has 0 unspecified atom stereocenters. The predicted molar refractivity (Wildman–Crippen MR) is 82.0 cm³/mol. The Balaban J connectivity index is 2.02. The number of thioether (sulfide) groups is 1. The van der Waals surface area contributed by atoms with Crippen molar-refractivity contribution in [2.24, 2.45) is 0 Å². The molecular weight excluding hydrogens is 329 g/mol. The van der Waals surface area contributed by atoms with Crippen LogP contribution in [0.1, 0.15) is 15.9 Å². The van der Waals surface area contributed by atoms with Gasteiger partial charge in [0.2, 0.25) is 0 Å². The normalized spacial score (nSPS) is 10.5. The lowest BCUT2D eigenvalue weighted by atomic mass is 10.1. The zero-order valence-corrected chi connectivity index (χ0v) is 12.8. The molecule has 0 aliphatic heterocycles. The van der Waals surface area contributed by atoms with Crippen LogP contribution in [0.3, 0.4) is 0 Å². The Hall–Kier alpha value is -1.92. The van der Waals surface area contributed by atoms with E-state index in [4.69, 9.17) is 16.7 Å². The van der Waals surface area contributed by atoms with Crippen molar-refractivity contribution in [1.82, 2.24) is 4.98 Å². The quantitative estimate of drug-likeness (QED) is 0.816. The van der Waals surface area contributed by atoms with Crippen LogP contribution in [-0.2, 0) is 11.2 Å². The van der Waals surface area contributed by atoms with E-state index in [-0.39, 0.29) is 28.5 Å². The summed E-state index contributed by atoms with van der Waals surface area (Å²) in [7, 11) is 0. The van der Waals surface area contributed by atoms with Gasteiger partial charge in [-0.25, -0.2) is 14.2 Å². The highest BCUT2D eigenvalue weighted by Crippen LogP contribution is 2.22. The van der Waals surface area contributed by atoms with Crippen LogP contribution < -0.4 is 0 Å². The smallest absolute Gasteiger partial charge is 0.338 e. The highest BCUT2D eigenvalue weighted by molar-refractivity contribution is 8.00. The summed E-state index contributed by atoms with van der Waals surface area (Å²) in [6, 6.07) is 6.77. The molecule has 0 spiro atoms. The zero-order chi connectivity index (χ0) is 16.1. The van der Waals surface area contributed by atoms with Gasteiger partial charge in [-0.2, -0.15) is 0 Å². The van der Waals surface area contributed by atoms with Crippen LogP contribution in [0.4, 0.5) is 4.39 Å². The van der Waals surface area contributed by atoms with Crippen molar-refractivity contribution >= 4 is 35.1 Å². The topological polar surface area (TPSA) is 67.3 Å². The van der Waals surface area contributed by atoms with Crippen LogP contribution in [0.25, 0.3) is 0 Å². The minimum atomic E-state index is -1.10. The first-order chi connectivity index (χ1) is 10.5. The van der Waals surface area contributed by atoms with Gasteiger partial charge in [-0.05, 0) is 35.9 Å². The van der Waals surface area contributed by atoms with Gasteiger partial charge in [0, 0.05) is 17.6 Å². The molecule has 0 saturated carbocycles. The number of aromatic carboxylic acids is 1. The molecule has 0 aliphatic carbocycles. The number of nitrogens with zero attached hydrogens (tertiary/aromatic N) is 1. The SMILES string of the molecule is O=C(CSc1ncccc1C(=O)O)Cc1cc(F)ccc1Cl. The molecule has 1 heterocycles. The number of rotatable bonds is 6. The number of carboxylic acids is 1. The molecule has 2 rings (SSSR count). The first kappa shape index (κ1) is 16.5. The van der Waals surface area contributed by atoms with Crippen LogP contribution >= 0.6 is 23.4 Å². The van der Waals surface area contributed by atoms with E-state index in [2.05, 4.69) is 4.98 Å². The summed E-state index contributed by atoms with van der Waals surface area (Å²) in [5, 5.41) is 9.63. The molecule has 1 N–H and O–H groups in total. The van der Waals surface area contributed by atoms with E-state index in [0.717, 1.165) is 11.8 Å². The number of hydrogen-bond donors (Lipinski definition) is 1. The van der Waals surface area contributed by atoms with E-state index in [0.29, 0.717) is 10.6 Å². The maximum atomic E-state index is 13.1. The third-order valence-corrected chi connectivity index (χ3v) is 4.20. The van der Waals surface area contributed by atoms with Crippen LogP contribution in [0, 0.1) is 5.82 Å². The Kier molecular flexibility index (Phi) is 5.51. The summed E-state index contributed by atoms with van der Waals surface area (Å²) < 4.78 is 13.1. The van der Waals surface area contributed by atoms with E-state index in [1.165, 1.54) is 36.5 Å². The van der Waals surface area contributed by atoms with Crippen LogP contribution in [0.5, 0.6) is 0 Å². The second-order valence-corrected chi connectivity index (χ2v) is 5.77. The summed E-state index contributed by atoms with van der Waals surface area (Å²) in [4.78, 5) is 26.9. The monoisotopic (exact) mass is 339 g/mol. The standard InChI is InChI=1S/C15H11ClFNO3S/c16-13-4-3-10(17)6-9(13)7-11(19)8-22-14-12(15(20)21)2-1-5-18-14/h1-6H,7-8H2,(H,20,21). The minimum absolute atomic E-state index is 0.0150. The lowest BCUT2D eigenvalue weighted by Gasteiger charge is -2.05. The van der Waals surface area contributed by atoms with E-state index >= 15 is 0 Å². The minimum Gasteiger partial charge on any atom is -0.478 e. The van der Waals surface area contributed by atoms with Crippen molar-refractivity contribution in [3.63, 3.8) is 0 Å². The van der Waals surface area contributed by atoms with Crippen LogP contribution in [0.2, 0.25) is 5.02 Å². The summed E-state index contributed by atoms with van der Waals surface area (Å²) in [6.07, 6.45) is 1.45. The first-order valence-electron chi connectivity index (χ1n) is 6.24. The Morgan fingerprint density at radius 2 is 2.09 bits per heavy atom. The molecular formula is C15H11ClFNO3S. The number of pyridine rings is 1. The van der Waals surface area contributed by atoms with Crippen molar-refractivity contribution in [1.29, 1.82) is 0 Å². The van der Waals surface area contributed by atoms with Crippen molar-refractivity contribution in [3.8, 4) is 0 Å². The maximum absolute atomic E-state index is 13.1. The summed E-state index contributed by atoms with van der Waals surface area (Å²) in [5.74, 6) is -1.72. The van der Waals surface area contributed by atoms with Gasteiger partial charge in [0.25, 0.3) is 0 Å². The molecule has 7 heteroatoms. The average Bonchev–Trinajstić information content (AvgIpc) is 2.49. The van der Waals surface area contributed by atoms with E-state index in [9.17, 15) is 14.0 Å². The van der Waals surface area contributed by atoms with E-state index in [1.54, 1.807) is 0 Å². The van der Waals surface area contributed by atoms with Crippen LogP contribution in [0.15, 0.2) is 41.6 Å². The lowest BCUT2D eigenvalue weighted by Crippen LogP contribution is -2.08. The molecule has 1 aromatic carbocycles. The van der Waals surface area contributed by atoms with Gasteiger partial charge >= 0.3 is 5.97 Å². The predicted octanol–water partition coefficient (Wildman–Crippen LogP) is 3.48. The number of benzene rings is 1. The number of carbonyl (C=O) groups excluding carboxylic acids is 1. The van der Waals surface area contributed by atoms with Crippen molar-refractivity contribution in [2.45, 2.75) is 11.4 Å². The van der Waals surface area contributed by atoms with Gasteiger partial charge < -0.3 is 5.11 Å². The van der Waals surface area contributed by atoms with Crippen molar-refractivity contribution in [3.05, 3.63) is 58.5 Å². The number of ketones is 1. The molecule has 114 valence electrons. The summed E-state index contributed by atoms with van der Waals surface area (Å²) in [5.41, 5.74) is 0.454. The lowest BCUT2D eigenvalue weighted by molar-refractivity contribution is -0.116. The molecule has 4 nitrogen and oxygen atoms in total. The molecule has 0 fully saturated rings.